The number of carboxylic acid groups (broad SMARTS) is 1. The van der Waals surface area contributed by atoms with Crippen molar-refractivity contribution in [2.45, 2.75) is 75.0 Å². The van der Waals surface area contributed by atoms with Gasteiger partial charge in [0.15, 0.2) is 4.90 Å². The van der Waals surface area contributed by atoms with E-state index in [1.54, 1.807) is 0 Å². The number of sulfonamides is 1. The van der Waals surface area contributed by atoms with Crippen LogP contribution >= 0.6 is 0 Å². The van der Waals surface area contributed by atoms with Gasteiger partial charge in [-0.15, -0.1) is 0 Å². The van der Waals surface area contributed by atoms with E-state index >= 15 is 0 Å². The third-order valence-corrected chi connectivity index (χ3v) is 11.4. The summed E-state index contributed by atoms with van der Waals surface area (Å²) < 4.78 is 77.2. The molecular weight excluding hydrogens is 669 g/mol. The molecule has 262 valence electrons. The van der Waals surface area contributed by atoms with E-state index in [-0.39, 0.29) is 61.7 Å². The van der Waals surface area contributed by atoms with E-state index in [0.29, 0.717) is 5.92 Å². The summed E-state index contributed by atoms with van der Waals surface area (Å²) in [6.07, 6.45) is 6.06. The summed E-state index contributed by atoms with van der Waals surface area (Å²) in [5, 5.41) is 9.92. The van der Waals surface area contributed by atoms with Crippen LogP contribution in [-0.4, -0.2) is 42.3 Å². The van der Waals surface area contributed by atoms with Crippen LogP contribution < -0.4 is 9.64 Å². The summed E-state index contributed by atoms with van der Waals surface area (Å²) in [7, 11) is -4.92. The maximum atomic E-state index is 14.8. The third kappa shape index (κ3) is 7.56. The van der Waals surface area contributed by atoms with Crippen LogP contribution in [0.4, 0.5) is 18.9 Å². The smallest absolute Gasteiger partial charge is 0.339 e. The molecule has 1 amide bonds. The molecule has 0 bridgehead atoms. The number of carbonyl (C=O) groups excluding carboxylic acids is 1. The highest BCUT2D eigenvalue weighted by atomic mass is 32.2. The molecule has 1 heterocycles. The van der Waals surface area contributed by atoms with Gasteiger partial charge in [0, 0.05) is 30.4 Å². The van der Waals surface area contributed by atoms with Gasteiger partial charge >= 0.3 is 5.97 Å². The number of amides is 1. The van der Waals surface area contributed by atoms with Crippen molar-refractivity contribution in [3.63, 3.8) is 0 Å². The Morgan fingerprint density at radius 3 is 2.16 bits per heavy atom. The van der Waals surface area contributed by atoms with Crippen molar-refractivity contribution < 1.29 is 41.0 Å². The summed E-state index contributed by atoms with van der Waals surface area (Å²) in [5.74, 6) is -5.94. The van der Waals surface area contributed by atoms with Gasteiger partial charge in [-0.3, -0.25) is 4.79 Å². The highest BCUT2D eigenvalue weighted by molar-refractivity contribution is 7.89. The van der Waals surface area contributed by atoms with E-state index < -0.39 is 50.3 Å². The van der Waals surface area contributed by atoms with Crippen LogP contribution in [0.15, 0.2) is 89.8 Å². The number of nitrogens with zero attached hydrogens (tertiary/aromatic N) is 2. The molecule has 1 saturated heterocycles. The fraction of sp³-hybridized carbons (Fsp3) is 0.316. The van der Waals surface area contributed by atoms with E-state index in [1.807, 2.05) is 54.6 Å². The predicted octanol–water partition coefficient (Wildman–Crippen LogP) is 7.82. The summed E-state index contributed by atoms with van der Waals surface area (Å²) >= 11 is 0. The fourth-order valence-corrected chi connectivity index (χ4v) is 8.61. The lowest BCUT2D eigenvalue weighted by Gasteiger charge is -2.31. The van der Waals surface area contributed by atoms with Gasteiger partial charge < -0.3 is 14.7 Å². The topological polar surface area (TPSA) is 104 Å². The molecule has 12 heteroatoms. The summed E-state index contributed by atoms with van der Waals surface area (Å²) in [4.78, 5) is 26.7. The van der Waals surface area contributed by atoms with Crippen LogP contribution in [0.25, 0.3) is 0 Å². The molecule has 1 unspecified atom stereocenters. The fourth-order valence-electron chi connectivity index (χ4n) is 6.87. The van der Waals surface area contributed by atoms with E-state index in [4.69, 9.17) is 4.74 Å². The van der Waals surface area contributed by atoms with Crippen LogP contribution in [0.2, 0.25) is 0 Å². The maximum Gasteiger partial charge on any atom is 0.339 e. The first-order chi connectivity index (χ1) is 24.0. The quantitative estimate of drug-likeness (QED) is 0.171. The lowest BCUT2D eigenvalue weighted by Crippen LogP contribution is -2.48. The van der Waals surface area contributed by atoms with Gasteiger partial charge in [-0.25, -0.2) is 26.4 Å². The van der Waals surface area contributed by atoms with Gasteiger partial charge in [-0.1, -0.05) is 73.9 Å². The van der Waals surface area contributed by atoms with Crippen molar-refractivity contribution >= 4 is 27.6 Å². The number of carbonyl (C=O) groups is 2. The molecule has 1 aliphatic carbocycles. The van der Waals surface area contributed by atoms with Crippen molar-refractivity contribution in [3.05, 3.63) is 125 Å². The highest BCUT2D eigenvalue weighted by Crippen LogP contribution is 2.35. The van der Waals surface area contributed by atoms with Gasteiger partial charge in [-0.2, -0.15) is 4.31 Å². The van der Waals surface area contributed by atoms with Crippen LogP contribution in [0.1, 0.15) is 77.9 Å². The molecule has 1 N–H and O–H groups in total. The number of anilines is 1. The van der Waals surface area contributed by atoms with Crippen molar-refractivity contribution in [3.8, 4) is 5.75 Å². The third-order valence-electron chi connectivity index (χ3n) is 9.43. The molecule has 2 aliphatic rings. The minimum atomic E-state index is -4.92. The molecule has 0 radical (unpaired) electrons. The number of benzene rings is 4. The van der Waals surface area contributed by atoms with Gasteiger partial charge in [0.05, 0.1) is 6.54 Å². The molecule has 2 fully saturated rings. The van der Waals surface area contributed by atoms with E-state index in [2.05, 4.69) is 0 Å². The second-order valence-corrected chi connectivity index (χ2v) is 14.6. The Morgan fingerprint density at radius 1 is 0.820 bits per heavy atom. The van der Waals surface area contributed by atoms with Crippen molar-refractivity contribution in [2.75, 3.05) is 11.4 Å². The first-order valence-corrected chi connectivity index (χ1v) is 18.1. The number of carboxylic acids is 1. The average Bonchev–Trinajstić information content (AvgIpc) is 3.61. The standard InChI is InChI=1S/C38H37F3N2O6S/c39-29-20-32(40)36(33(41)21-29)50(47,48)43-19-7-12-34(43)37(44)42(23-25-13-15-28(16-14-25)27-10-5-2-6-11-27)30-17-18-31(38(45)46)35(22-30)49-24-26-8-3-1-4-9-26/h1,3-4,8-9,13-18,20-22,27,34H,2,5-7,10-12,19,23-24H2,(H,45,46). The van der Waals surface area contributed by atoms with Crippen molar-refractivity contribution in [1.82, 2.24) is 4.31 Å². The molecule has 0 spiro atoms. The molecule has 4 aromatic rings. The lowest BCUT2D eigenvalue weighted by molar-refractivity contribution is -0.121. The minimum absolute atomic E-state index is 0.00402. The molecule has 1 atom stereocenters. The monoisotopic (exact) mass is 706 g/mol. The molecule has 0 aromatic heterocycles. The van der Waals surface area contributed by atoms with Crippen LogP contribution in [0.3, 0.4) is 0 Å². The number of hydrogen-bond acceptors (Lipinski definition) is 5. The molecule has 1 aliphatic heterocycles. The second-order valence-electron chi connectivity index (χ2n) is 12.7. The normalized spacial score (nSPS) is 17.1. The Balaban J connectivity index is 1.36. The minimum Gasteiger partial charge on any atom is -0.488 e. The molecule has 4 aromatic carbocycles. The molecule has 8 nitrogen and oxygen atoms in total. The van der Waals surface area contributed by atoms with E-state index in [0.717, 1.165) is 28.3 Å². The van der Waals surface area contributed by atoms with Gasteiger partial charge in [0.25, 0.3) is 0 Å². The number of ether oxygens (including phenoxy) is 1. The predicted molar refractivity (Wildman–Crippen MR) is 181 cm³/mol. The lowest BCUT2D eigenvalue weighted by atomic mass is 9.84. The Morgan fingerprint density at radius 2 is 1.50 bits per heavy atom. The Hall–Kier alpha value is -4.68. The average molecular weight is 707 g/mol. The summed E-state index contributed by atoms with van der Waals surface area (Å²) in [5.41, 5.74) is 2.82. The zero-order chi connectivity index (χ0) is 35.4. The number of hydrogen-bond donors (Lipinski definition) is 1. The largest absolute Gasteiger partial charge is 0.488 e. The number of rotatable bonds is 11. The Kier molecular flexibility index (Phi) is 10.6. The van der Waals surface area contributed by atoms with Crippen molar-refractivity contribution in [2.24, 2.45) is 0 Å². The number of aromatic carboxylic acids is 1. The van der Waals surface area contributed by atoms with Gasteiger partial charge in [0.1, 0.15) is 41.4 Å². The zero-order valence-corrected chi connectivity index (χ0v) is 28.1. The number of halogens is 3. The molecule has 6 rings (SSSR count). The van der Waals surface area contributed by atoms with E-state index in [9.17, 15) is 36.3 Å². The zero-order valence-electron chi connectivity index (χ0n) is 27.2. The van der Waals surface area contributed by atoms with Gasteiger partial charge in [0.2, 0.25) is 15.9 Å². The molecule has 1 saturated carbocycles. The van der Waals surface area contributed by atoms with Crippen LogP contribution in [0.5, 0.6) is 5.75 Å². The SMILES string of the molecule is O=C(O)c1ccc(N(Cc2ccc(C3CCCCC3)cc2)C(=O)C2CCCN2S(=O)(=O)c2c(F)cc(F)cc2F)cc1OCc1ccccc1. The van der Waals surface area contributed by atoms with E-state index in [1.165, 1.54) is 47.9 Å². The summed E-state index contributed by atoms with van der Waals surface area (Å²) in [6.45, 7) is -0.162. The Labute approximate surface area is 289 Å². The second kappa shape index (κ2) is 15.1. The first-order valence-electron chi connectivity index (χ1n) is 16.6. The highest BCUT2D eigenvalue weighted by Gasteiger charge is 2.44. The molecule has 50 heavy (non-hydrogen) atoms. The Bertz CT molecular complexity index is 1950. The summed E-state index contributed by atoms with van der Waals surface area (Å²) in [6, 6.07) is 20.4. The molecular formula is C38H37F3N2O6S. The van der Waals surface area contributed by atoms with Crippen LogP contribution in [0, 0.1) is 17.5 Å². The van der Waals surface area contributed by atoms with Gasteiger partial charge in [-0.05, 0) is 60.4 Å². The maximum absolute atomic E-state index is 14.8. The first kappa shape index (κ1) is 35.2. The van der Waals surface area contributed by atoms with Crippen molar-refractivity contribution in [1.29, 1.82) is 0 Å². The van der Waals surface area contributed by atoms with Crippen LogP contribution in [-0.2, 0) is 28.0 Å².